The number of hydrogen-bond donors (Lipinski definition) is 0. The van der Waals surface area contributed by atoms with Gasteiger partial charge >= 0.3 is 0 Å². The summed E-state index contributed by atoms with van der Waals surface area (Å²) in [5.74, 6) is -1.57. The Morgan fingerprint density at radius 2 is 1.86 bits per heavy atom. The van der Waals surface area contributed by atoms with E-state index in [2.05, 4.69) is 0 Å². The summed E-state index contributed by atoms with van der Waals surface area (Å²) in [6.07, 6.45) is 0. The van der Waals surface area contributed by atoms with Gasteiger partial charge < -0.3 is 0 Å². The number of aryl methyl sites for hydroxylation is 1. The van der Waals surface area contributed by atoms with Crippen molar-refractivity contribution in [1.29, 1.82) is 0 Å². The van der Waals surface area contributed by atoms with Gasteiger partial charge in [0.1, 0.15) is 0 Å². The van der Waals surface area contributed by atoms with E-state index in [0.717, 1.165) is 15.8 Å². The molecule has 72 valence electrons. The Bertz CT molecular complexity index is 460. The van der Waals surface area contributed by atoms with E-state index in [1.165, 1.54) is 17.4 Å². The van der Waals surface area contributed by atoms with Crippen molar-refractivity contribution >= 4 is 11.3 Å². The first-order chi connectivity index (χ1) is 6.68. The van der Waals surface area contributed by atoms with Gasteiger partial charge in [-0.05, 0) is 25.1 Å². The van der Waals surface area contributed by atoms with Crippen molar-refractivity contribution in [3.8, 4) is 10.4 Å². The molecule has 0 aliphatic carbocycles. The van der Waals surface area contributed by atoms with Gasteiger partial charge in [0.25, 0.3) is 0 Å². The maximum atomic E-state index is 13.3. The van der Waals surface area contributed by atoms with Crippen molar-refractivity contribution in [2.45, 2.75) is 6.92 Å². The third-order valence-electron chi connectivity index (χ3n) is 1.96. The normalized spacial score (nSPS) is 10.5. The van der Waals surface area contributed by atoms with Crippen LogP contribution in [0.4, 0.5) is 8.78 Å². The molecule has 0 spiro atoms. The average Bonchev–Trinajstić information content (AvgIpc) is 2.57. The first-order valence-electron chi connectivity index (χ1n) is 4.19. The summed E-state index contributed by atoms with van der Waals surface area (Å²) in [6.45, 7) is 1.94. The molecular formula is C11H8F2S. The third kappa shape index (κ3) is 1.55. The molecule has 1 aromatic heterocycles. The number of rotatable bonds is 1. The molecule has 1 heterocycles. The second-order valence-corrected chi connectivity index (χ2v) is 4.30. The summed E-state index contributed by atoms with van der Waals surface area (Å²) >= 11 is 1.46. The van der Waals surface area contributed by atoms with Gasteiger partial charge in [-0.25, -0.2) is 8.78 Å². The lowest BCUT2D eigenvalue weighted by molar-refractivity contribution is 0.511. The molecular weight excluding hydrogens is 202 g/mol. The predicted octanol–water partition coefficient (Wildman–Crippen LogP) is 4.00. The lowest BCUT2D eigenvalue weighted by Crippen LogP contribution is -1.86. The minimum atomic E-state index is -0.798. The van der Waals surface area contributed by atoms with E-state index in [4.69, 9.17) is 0 Å². The largest absolute Gasteiger partial charge is 0.204 e. The van der Waals surface area contributed by atoms with E-state index < -0.39 is 11.6 Å². The van der Waals surface area contributed by atoms with Crippen molar-refractivity contribution in [1.82, 2.24) is 0 Å². The van der Waals surface area contributed by atoms with Crippen molar-refractivity contribution < 1.29 is 8.78 Å². The third-order valence-corrected chi connectivity index (χ3v) is 2.99. The van der Waals surface area contributed by atoms with E-state index in [9.17, 15) is 8.78 Å². The van der Waals surface area contributed by atoms with Gasteiger partial charge in [0.2, 0.25) is 0 Å². The van der Waals surface area contributed by atoms with E-state index >= 15 is 0 Å². The van der Waals surface area contributed by atoms with Crippen LogP contribution < -0.4 is 0 Å². The predicted molar refractivity (Wildman–Crippen MR) is 54.4 cm³/mol. The Morgan fingerprint density at radius 3 is 2.50 bits per heavy atom. The molecule has 14 heavy (non-hydrogen) atoms. The summed E-state index contributed by atoms with van der Waals surface area (Å²) in [5, 5.41) is 0. The van der Waals surface area contributed by atoms with E-state index in [0.29, 0.717) is 5.56 Å². The number of thiophene rings is 1. The standard InChI is InChI=1S/C11H8F2S/c1-7-5-6-10(14-7)8-3-2-4-9(12)11(8)13/h2-6H,1H3. The zero-order valence-electron chi connectivity index (χ0n) is 7.55. The fraction of sp³-hybridized carbons (Fsp3) is 0.0909. The molecule has 0 bridgehead atoms. The molecule has 0 saturated heterocycles. The van der Waals surface area contributed by atoms with E-state index in [1.54, 1.807) is 12.1 Å². The molecule has 0 aliphatic heterocycles. The van der Waals surface area contributed by atoms with E-state index in [1.807, 2.05) is 13.0 Å². The van der Waals surface area contributed by atoms with Crippen molar-refractivity contribution in [2.24, 2.45) is 0 Å². The van der Waals surface area contributed by atoms with E-state index in [-0.39, 0.29) is 0 Å². The molecule has 2 rings (SSSR count). The highest BCUT2D eigenvalue weighted by atomic mass is 32.1. The van der Waals surface area contributed by atoms with Crippen LogP contribution in [0.2, 0.25) is 0 Å². The van der Waals surface area contributed by atoms with Crippen molar-refractivity contribution in [3.05, 3.63) is 46.8 Å². The molecule has 0 saturated carbocycles. The molecule has 0 nitrogen and oxygen atoms in total. The topological polar surface area (TPSA) is 0 Å². The first-order valence-corrected chi connectivity index (χ1v) is 5.01. The Labute approximate surface area is 84.8 Å². The quantitative estimate of drug-likeness (QED) is 0.667. The smallest absolute Gasteiger partial charge is 0.167 e. The summed E-state index contributed by atoms with van der Waals surface area (Å²) < 4.78 is 26.2. The minimum absolute atomic E-state index is 0.336. The second kappa shape index (κ2) is 3.50. The molecule has 2 aromatic rings. The molecule has 0 radical (unpaired) electrons. The highest BCUT2D eigenvalue weighted by molar-refractivity contribution is 7.15. The fourth-order valence-corrected chi connectivity index (χ4v) is 2.16. The number of benzene rings is 1. The Hall–Kier alpha value is -1.22. The monoisotopic (exact) mass is 210 g/mol. The highest BCUT2D eigenvalue weighted by Crippen LogP contribution is 2.30. The molecule has 0 aliphatic rings. The molecule has 0 atom stereocenters. The number of halogens is 2. The van der Waals surface area contributed by atoms with Gasteiger partial charge in [-0.2, -0.15) is 0 Å². The van der Waals surface area contributed by atoms with Gasteiger partial charge in [-0.1, -0.05) is 12.1 Å². The van der Waals surface area contributed by atoms with Gasteiger partial charge in [0.05, 0.1) is 0 Å². The Morgan fingerprint density at radius 1 is 1.07 bits per heavy atom. The SMILES string of the molecule is Cc1ccc(-c2cccc(F)c2F)s1. The van der Waals surface area contributed by atoms with Crippen LogP contribution in [0.1, 0.15) is 4.88 Å². The van der Waals surface area contributed by atoms with Crippen LogP contribution in [0.15, 0.2) is 30.3 Å². The van der Waals surface area contributed by atoms with Crippen LogP contribution in [0.25, 0.3) is 10.4 Å². The summed E-state index contributed by atoms with van der Waals surface area (Å²) in [4.78, 5) is 1.85. The minimum Gasteiger partial charge on any atom is -0.204 e. The van der Waals surface area contributed by atoms with Crippen LogP contribution in [0.3, 0.4) is 0 Å². The molecule has 0 amide bonds. The zero-order chi connectivity index (χ0) is 10.1. The van der Waals surface area contributed by atoms with Crippen LogP contribution in [-0.4, -0.2) is 0 Å². The first kappa shape index (κ1) is 9.34. The van der Waals surface area contributed by atoms with Gasteiger partial charge in [0.15, 0.2) is 11.6 Å². The summed E-state index contributed by atoms with van der Waals surface area (Å²) in [5.41, 5.74) is 0.336. The fourth-order valence-electron chi connectivity index (χ4n) is 1.27. The Balaban J connectivity index is 2.57. The molecule has 0 unspecified atom stereocenters. The average molecular weight is 210 g/mol. The van der Waals surface area contributed by atoms with Gasteiger partial charge in [0, 0.05) is 15.3 Å². The van der Waals surface area contributed by atoms with Gasteiger partial charge in [-0.3, -0.25) is 0 Å². The Kier molecular flexibility index (Phi) is 2.33. The van der Waals surface area contributed by atoms with Crippen LogP contribution in [-0.2, 0) is 0 Å². The molecule has 0 fully saturated rings. The van der Waals surface area contributed by atoms with Crippen LogP contribution in [0, 0.1) is 18.6 Å². The van der Waals surface area contributed by atoms with Gasteiger partial charge in [-0.15, -0.1) is 11.3 Å². The maximum absolute atomic E-state index is 13.3. The summed E-state index contributed by atoms with van der Waals surface area (Å²) in [7, 11) is 0. The number of hydrogen-bond acceptors (Lipinski definition) is 1. The van der Waals surface area contributed by atoms with Crippen LogP contribution in [0.5, 0.6) is 0 Å². The summed E-state index contributed by atoms with van der Waals surface area (Å²) in [6, 6.07) is 7.92. The lowest BCUT2D eigenvalue weighted by Gasteiger charge is -1.99. The molecule has 1 aromatic carbocycles. The highest BCUT2D eigenvalue weighted by Gasteiger charge is 2.10. The zero-order valence-corrected chi connectivity index (χ0v) is 8.37. The molecule has 3 heteroatoms. The molecule has 0 N–H and O–H groups in total. The van der Waals surface area contributed by atoms with Crippen LogP contribution >= 0.6 is 11.3 Å². The van der Waals surface area contributed by atoms with Crippen molar-refractivity contribution in [2.75, 3.05) is 0 Å². The lowest BCUT2D eigenvalue weighted by atomic mass is 10.2. The van der Waals surface area contributed by atoms with Crippen molar-refractivity contribution in [3.63, 3.8) is 0 Å². The second-order valence-electron chi connectivity index (χ2n) is 3.01. The maximum Gasteiger partial charge on any atom is 0.167 e.